The number of hydrogen-bond acceptors (Lipinski definition) is 3. The van der Waals surface area contributed by atoms with Crippen molar-refractivity contribution in [3.63, 3.8) is 0 Å². The second-order valence-electron chi connectivity index (χ2n) is 2.73. The van der Waals surface area contributed by atoms with E-state index in [4.69, 9.17) is 5.90 Å². The van der Waals surface area contributed by atoms with Crippen LogP contribution in [0.1, 0.15) is 18.6 Å². The third kappa shape index (κ3) is 3.25. The summed E-state index contributed by atoms with van der Waals surface area (Å²) in [7, 11) is 0. The van der Waals surface area contributed by atoms with Crippen LogP contribution < -0.4 is 5.90 Å². The van der Waals surface area contributed by atoms with Gasteiger partial charge in [0.15, 0.2) is 0 Å². The first-order chi connectivity index (χ1) is 6.63. The Labute approximate surface area is 85.4 Å². The predicted molar refractivity (Wildman–Crippen MR) is 52.0 cm³/mol. The van der Waals surface area contributed by atoms with E-state index in [1.807, 2.05) is 0 Å². The SMILES string of the molecule is CC(ON)c1ccc(SC(F)F)cc1. The molecule has 2 nitrogen and oxygen atoms in total. The first-order valence-corrected chi connectivity index (χ1v) is 4.91. The fourth-order valence-corrected chi connectivity index (χ4v) is 1.50. The molecule has 1 aromatic carbocycles. The molecule has 2 N–H and O–H groups in total. The highest BCUT2D eigenvalue weighted by atomic mass is 32.2. The molecule has 0 radical (unpaired) electrons. The van der Waals surface area contributed by atoms with Crippen LogP contribution in [0.25, 0.3) is 0 Å². The minimum absolute atomic E-state index is 0.222. The molecule has 1 atom stereocenters. The first-order valence-electron chi connectivity index (χ1n) is 4.04. The van der Waals surface area contributed by atoms with Crippen molar-refractivity contribution < 1.29 is 13.6 Å². The summed E-state index contributed by atoms with van der Waals surface area (Å²) in [4.78, 5) is 5.14. The van der Waals surface area contributed by atoms with E-state index in [0.717, 1.165) is 5.56 Å². The zero-order chi connectivity index (χ0) is 10.6. The van der Waals surface area contributed by atoms with E-state index in [2.05, 4.69) is 4.84 Å². The summed E-state index contributed by atoms with van der Waals surface area (Å²) in [5.41, 5.74) is 0.867. The van der Waals surface area contributed by atoms with Crippen LogP contribution >= 0.6 is 11.8 Å². The van der Waals surface area contributed by atoms with E-state index in [9.17, 15) is 8.78 Å². The van der Waals surface area contributed by atoms with Crippen molar-refractivity contribution in [2.75, 3.05) is 0 Å². The molecule has 0 heterocycles. The van der Waals surface area contributed by atoms with Crippen molar-refractivity contribution >= 4 is 11.8 Å². The summed E-state index contributed by atoms with van der Waals surface area (Å²) in [5.74, 6) is 2.61. The Morgan fingerprint density at radius 1 is 1.29 bits per heavy atom. The number of nitrogens with two attached hydrogens (primary N) is 1. The maximum atomic E-state index is 12.0. The highest BCUT2D eigenvalue weighted by molar-refractivity contribution is 7.99. The summed E-state index contributed by atoms with van der Waals surface area (Å²) in [5, 5.41) is 0. The van der Waals surface area contributed by atoms with Gasteiger partial charge in [0.05, 0.1) is 0 Å². The first kappa shape index (κ1) is 11.4. The molecule has 1 rings (SSSR count). The molecule has 0 fully saturated rings. The number of hydrogen-bond donors (Lipinski definition) is 1. The Kier molecular flexibility index (Phi) is 4.31. The van der Waals surface area contributed by atoms with Gasteiger partial charge in [0, 0.05) is 4.90 Å². The Morgan fingerprint density at radius 3 is 2.29 bits per heavy atom. The van der Waals surface area contributed by atoms with Crippen LogP contribution in [0.2, 0.25) is 0 Å². The molecule has 0 aliphatic rings. The number of rotatable bonds is 4. The van der Waals surface area contributed by atoms with Crippen LogP contribution in [-0.4, -0.2) is 5.76 Å². The molecule has 0 aliphatic heterocycles. The van der Waals surface area contributed by atoms with Crippen LogP contribution in [-0.2, 0) is 4.84 Å². The number of benzene rings is 1. The third-order valence-corrected chi connectivity index (χ3v) is 2.50. The maximum absolute atomic E-state index is 12.0. The number of thioether (sulfide) groups is 1. The molecule has 1 aromatic rings. The fourth-order valence-electron chi connectivity index (χ4n) is 0.999. The van der Waals surface area contributed by atoms with E-state index in [1.165, 1.54) is 0 Å². The van der Waals surface area contributed by atoms with E-state index in [-0.39, 0.29) is 6.10 Å². The maximum Gasteiger partial charge on any atom is 0.288 e. The molecule has 0 spiro atoms. The van der Waals surface area contributed by atoms with E-state index in [0.29, 0.717) is 16.7 Å². The molecule has 0 amide bonds. The number of halogens is 2. The highest BCUT2D eigenvalue weighted by Gasteiger charge is 2.07. The summed E-state index contributed by atoms with van der Waals surface area (Å²) in [6.45, 7) is 1.79. The summed E-state index contributed by atoms with van der Waals surface area (Å²) < 4.78 is 23.9. The van der Waals surface area contributed by atoms with Gasteiger partial charge in [-0.25, -0.2) is 5.90 Å². The van der Waals surface area contributed by atoms with Crippen molar-refractivity contribution in [2.45, 2.75) is 23.7 Å². The molecular weight excluding hydrogens is 208 g/mol. The topological polar surface area (TPSA) is 35.2 Å². The normalized spacial score (nSPS) is 13.2. The van der Waals surface area contributed by atoms with E-state index in [1.54, 1.807) is 31.2 Å². The van der Waals surface area contributed by atoms with Gasteiger partial charge in [0.25, 0.3) is 5.76 Å². The predicted octanol–water partition coefficient (Wildman–Crippen LogP) is 2.95. The van der Waals surface area contributed by atoms with Gasteiger partial charge in [-0.1, -0.05) is 23.9 Å². The molecule has 14 heavy (non-hydrogen) atoms. The fraction of sp³-hybridized carbons (Fsp3) is 0.333. The minimum Gasteiger partial charge on any atom is -0.297 e. The molecule has 0 aliphatic carbocycles. The van der Waals surface area contributed by atoms with Gasteiger partial charge in [-0.2, -0.15) is 8.78 Å². The van der Waals surface area contributed by atoms with Gasteiger partial charge in [-0.05, 0) is 24.6 Å². The lowest BCUT2D eigenvalue weighted by Crippen LogP contribution is -2.04. The molecule has 0 aromatic heterocycles. The Hall–Kier alpha value is -0.650. The third-order valence-electron chi connectivity index (χ3n) is 1.78. The lowest BCUT2D eigenvalue weighted by atomic mass is 10.1. The average Bonchev–Trinajstić information content (AvgIpc) is 2.17. The van der Waals surface area contributed by atoms with Crippen LogP contribution in [0.5, 0.6) is 0 Å². The van der Waals surface area contributed by atoms with Crippen molar-refractivity contribution in [3.8, 4) is 0 Å². The van der Waals surface area contributed by atoms with E-state index >= 15 is 0 Å². The smallest absolute Gasteiger partial charge is 0.288 e. The van der Waals surface area contributed by atoms with Crippen molar-refractivity contribution in [1.82, 2.24) is 0 Å². The van der Waals surface area contributed by atoms with Crippen LogP contribution in [0, 0.1) is 0 Å². The van der Waals surface area contributed by atoms with Gasteiger partial charge in [0.1, 0.15) is 6.10 Å². The summed E-state index contributed by atoms with van der Waals surface area (Å²) in [6.07, 6.45) is -0.222. The lowest BCUT2D eigenvalue weighted by molar-refractivity contribution is 0.0664. The van der Waals surface area contributed by atoms with Crippen molar-refractivity contribution in [3.05, 3.63) is 29.8 Å². The zero-order valence-electron chi connectivity index (χ0n) is 7.61. The summed E-state index contributed by atoms with van der Waals surface area (Å²) in [6, 6.07) is 6.70. The van der Waals surface area contributed by atoms with Gasteiger partial charge in [-0.3, -0.25) is 4.84 Å². The molecular formula is C9H11F2NOS. The van der Waals surface area contributed by atoms with Gasteiger partial charge in [-0.15, -0.1) is 0 Å². The Bertz CT molecular complexity index is 279. The molecule has 5 heteroatoms. The number of alkyl halides is 2. The lowest BCUT2D eigenvalue weighted by Gasteiger charge is -2.09. The Morgan fingerprint density at radius 2 is 1.86 bits per heavy atom. The van der Waals surface area contributed by atoms with Crippen molar-refractivity contribution in [1.29, 1.82) is 0 Å². The van der Waals surface area contributed by atoms with E-state index < -0.39 is 5.76 Å². The molecule has 1 unspecified atom stereocenters. The highest BCUT2D eigenvalue weighted by Crippen LogP contribution is 2.26. The molecule has 0 saturated heterocycles. The Balaban J connectivity index is 2.68. The van der Waals surface area contributed by atoms with Crippen LogP contribution in [0.4, 0.5) is 8.78 Å². The minimum atomic E-state index is -2.39. The molecule has 0 bridgehead atoms. The van der Waals surface area contributed by atoms with Crippen molar-refractivity contribution in [2.24, 2.45) is 5.90 Å². The average molecular weight is 219 g/mol. The second-order valence-corrected chi connectivity index (χ2v) is 3.79. The monoisotopic (exact) mass is 219 g/mol. The standard InChI is InChI=1S/C9H11F2NOS/c1-6(13-12)7-2-4-8(5-3-7)14-9(10)11/h2-6,9H,12H2,1H3. The van der Waals surface area contributed by atoms with Crippen LogP contribution in [0.3, 0.4) is 0 Å². The van der Waals surface area contributed by atoms with Crippen LogP contribution in [0.15, 0.2) is 29.2 Å². The molecule has 78 valence electrons. The summed E-state index contributed by atoms with van der Waals surface area (Å²) >= 11 is 0.521. The van der Waals surface area contributed by atoms with Gasteiger partial charge in [0.2, 0.25) is 0 Å². The van der Waals surface area contributed by atoms with Gasteiger partial charge >= 0.3 is 0 Å². The second kappa shape index (κ2) is 5.29. The largest absolute Gasteiger partial charge is 0.297 e. The van der Waals surface area contributed by atoms with Gasteiger partial charge < -0.3 is 0 Å². The molecule has 0 saturated carbocycles. The quantitative estimate of drug-likeness (QED) is 0.624. The zero-order valence-corrected chi connectivity index (χ0v) is 8.43.